The summed E-state index contributed by atoms with van der Waals surface area (Å²) in [6, 6.07) is 4.92. The van der Waals surface area contributed by atoms with Gasteiger partial charge in [0.1, 0.15) is 11.3 Å². The van der Waals surface area contributed by atoms with Crippen LogP contribution >= 0.6 is 0 Å². The summed E-state index contributed by atoms with van der Waals surface area (Å²) in [5.74, 6) is -0.00470. The normalized spacial score (nSPS) is 11.0. The lowest BCUT2D eigenvalue weighted by atomic mass is 9.89. The van der Waals surface area contributed by atoms with E-state index in [-0.39, 0.29) is 22.2 Å². The zero-order valence-electron chi connectivity index (χ0n) is 16.8. The van der Waals surface area contributed by atoms with Crippen molar-refractivity contribution >= 4 is 33.9 Å². The van der Waals surface area contributed by atoms with Crippen molar-refractivity contribution in [2.24, 2.45) is 5.41 Å². The molecule has 0 radical (unpaired) electrons. The molecule has 0 saturated carbocycles. The second-order valence-electron chi connectivity index (χ2n) is 7.84. The molecule has 1 heterocycles. The van der Waals surface area contributed by atoms with Gasteiger partial charge in [-0.05, 0) is 30.9 Å². The molecule has 0 saturated heterocycles. The number of anilines is 2. The van der Waals surface area contributed by atoms with Crippen LogP contribution in [0.4, 0.5) is 11.4 Å². The molecule has 0 spiro atoms. The highest BCUT2D eigenvalue weighted by molar-refractivity contribution is 6.07. The minimum absolute atomic E-state index is 0.117. The number of rotatable bonds is 5. The molecule has 0 aliphatic rings. The zero-order valence-corrected chi connectivity index (χ0v) is 16.8. The van der Waals surface area contributed by atoms with E-state index in [2.05, 4.69) is 27.7 Å². The van der Waals surface area contributed by atoms with Crippen LogP contribution in [0.25, 0.3) is 11.0 Å². The molecule has 2 rings (SSSR count). The number of Topliss-reactive ketones (excluding diaryl/α,β-unsaturated/α-hetero) is 2. The molecule has 27 heavy (non-hydrogen) atoms. The van der Waals surface area contributed by atoms with Crippen LogP contribution in [0.2, 0.25) is 0 Å². The first-order valence-electron chi connectivity index (χ1n) is 9.11. The molecular weight excluding hydrogens is 344 g/mol. The first-order valence-corrected chi connectivity index (χ1v) is 9.11. The van der Waals surface area contributed by atoms with Crippen molar-refractivity contribution in [3.05, 3.63) is 34.2 Å². The summed E-state index contributed by atoms with van der Waals surface area (Å²) in [4.78, 5) is 34.0. The van der Waals surface area contributed by atoms with Gasteiger partial charge in [-0.25, -0.2) is 4.79 Å². The van der Waals surface area contributed by atoms with Gasteiger partial charge in [0, 0.05) is 18.2 Å². The first-order chi connectivity index (χ1) is 12.5. The Morgan fingerprint density at radius 2 is 1.78 bits per heavy atom. The fraction of sp³-hybridized carbons (Fsp3) is 0.476. The maximum Gasteiger partial charge on any atom is 0.349 e. The molecule has 6 heteroatoms. The number of ketones is 2. The van der Waals surface area contributed by atoms with Crippen molar-refractivity contribution in [2.45, 2.75) is 60.3 Å². The van der Waals surface area contributed by atoms with E-state index in [9.17, 15) is 14.4 Å². The summed E-state index contributed by atoms with van der Waals surface area (Å²) in [6.07, 6.45) is 3.67. The van der Waals surface area contributed by atoms with E-state index in [0.717, 1.165) is 25.7 Å². The van der Waals surface area contributed by atoms with Gasteiger partial charge in [-0.15, -0.1) is 0 Å². The van der Waals surface area contributed by atoms with Gasteiger partial charge in [0.25, 0.3) is 0 Å². The second kappa shape index (κ2) is 9.35. The average molecular weight is 374 g/mol. The maximum atomic E-state index is 11.5. The minimum Gasteiger partial charge on any atom is -0.420 e. The molecule has 0 aliphatic carbocycles. The molecule has 0 fully saturated rings. The second-order valence-corrected chi connectivity index (χ2v) is 7.84. The molecule has 1 aromatic heterocycles. The van der Waals surface area contributed by atoms with E-state index in [1.807, 2.05) is 0 Å². The van der Waals surface area contributed by atoms with Crippen LogP contribution in [0.15, 0.2) is 27.4 Å². The summed E-state index contributed by atoms with van der Waals surface area (Å²) in [5.41, 5.74) is 11.3. The highest BCUT2D eigenvalue weighted by Crippen LogP contribution is 2.26. The minimum atomic E-state index is -0.754. The Balaban J connectivity index is 0.000000293. The summed E-state index contributed by atoms with van der Waals surface area (Å²) >= 11 is 0. The third kappa shape index (κ3) is 6.55. The van der Waals surface area contributed by atoms with Crippen LogP contribution in [0.1, 0.15) is 70.7 Å². The maximum absolute atomic E-state index is 11.5. The highest BCUT2D eigenvalue weighted by Gasteiger charge is 2.17. The first kappa shape index (κ1) is 22.4. The standard InChI is InChI=1S/C11H10N2O3.C10H20O/c1-5(14)8-9(13)6-3-2-4-7(12)10(6)16-11(8)15;1-5-6-7-9(11)8-10(2,3)4/h2-4H,12-13H2,1H3;5-8H2,1-4H3. The van der Waals surface area contributed by atoms with Crippen molar-refractivity contribution < 1.29 is 14.0 Å². The fourth-order valence-corrected chi connectivity index (χ4v) is 2.66. The van der Waals surface area contributed by atoms with Crippen molar-refractivity contribution in [3.63, 3.8) is 0 Å². The summed E-state index contributed by atoms with van der Waals surface area (Å²) in [6.45, 7) is 9.70. The molecule has 0 aliphatic heterocycles. The lowest BCUT2D eigenvalue weighted by Gasteiger charge is -2.16. The molecule has 148 valence electrons. The largest absolute Gasteiger partial charge is 0.420 e. The molecule has 0 atom stereocenters. The molecule has 2 aromatic rings. The van der Waals surface area contributed by atoms with Gasteiger partial charge < -0.3 is 15.9 Å². The van der Waals surface area contributed by atoms with Crippen LogP contribution in [0.5, 0.6) is 0 Å². The van der Waals surface area contributed by atoms with Gasteiger partial charge >= 0.3 is 5.63 Å². The quantitative estimate of drug-likeness (QED) is 0.457. The number of para-hydroxylation sites is 1. The van der Waals surface area contributed by atoms with E-state index in [4.69, 9.17) is 15.9 Å². The smallest absolute Gasteiger partial charge is 0.349 e. The van der Waals surface area contributed by atoms with Gasteiger partial charge in [-0.3, -0.25) is 9.59 Å². The number of carbonyl (C=O) groups is 2. The number of nitrogen functional groups attached to an aromatic ring is 2. The predicted molar refractivity (Wildman–Crippen MR) is 110 cm³/mol. The monoisotopic (exact) mass is 374 g/mol. The van der Waals surface area contributed by atoms with Gasteiger partial charge in [-0.1, -0.05) is 40.2 Å². The summed E-state index contributed by atoms with van der Waals surface area (Å²) < 4.78 is 4.98. The number of hydrogen-bond donors (Lipinski definition) is 2. The van der Waals surface area contributed by atoms with Gasteiger partial charge in [0.05, 0.1) is 11.4 Å². The lowest BCUT2D eigenvalue weighted by Crippen LogP contribution is -2.15. The molecule has 6 nitrogen and oxygen atoms in total. The van der Waals surface area contributed by atoms with Crippen LogP contribution < -0.4 is 17.1 Å². The SMILES string of the molecule is CC(=O)c1c(N)c2cccc(N)c2oc1=O.CCCCC(=O)CC(C)(C)C. The van der Waals surface area contributed by atoms with Gasteiger partial charge in [0.2, 0.25) is 0 Å². The third-order valence-corrected chi connectivity index (χ3v) is 3.89. The fourth-order valence-electron chi connectivity index (χ4n) is 2.66. The van der Waals surface area contributed by atoms with Crippen molar-refractivity contribution in [3.8, 4) is 0 Å². The van der Waals surface area contributed by atoms with Gasteiger partial charge in [0.15, 0.2) is 11.4 Å². The number of hydrogen-bond acceptors (Lipinski definition) is 6. The van der Waals surface area contributed by atoms with E-state index < -0.39 is 11.4 Å². The van der Waals surface area contributed by atoms with Crippen LogP contribution in [-0.2, 0) is 4.79 Å². The predicted octanol–water partition coefficient (Wildman–Crippen LogP) is 4.34. The molecule has 0 bridgehead atoms. The molecule has 1 aromatic carbocycles. The van der Waals surface area contributed by atoms with Crippen molar-refractivity contribution in [2.75, 3.05) is 11.5 Å². The third-order valence-electron chi connectivity index (χ3n) is 3.89. The van der Waals surface area contributed by atoms with Gasteiger partial charge in [-0.2, -0.15) is 0 Å². The van der Waals surface area contributed by atoms with E-state index in [0.29, 0.717) is 16.9 Å². The Morgan fingerprint density at radius 3 is 2.30 bits per heavy atom. The van der Waals surface area contributed by atoms with E-state index in [1.54, 1.807) is 18.2 Å². The average Bonchev–Trinajstić information content (AvgIpc) is 2.53. The molecular formula is C21H30N2O4. The number of unbranched alkanes of at least 4 members (excludes halogenated alkanes) is 1. The van der Waals surface area contributed by atoms with Crippen LogP contribution in [-0.4, -0.2) is 11.6 Å². The van der Waals surface area contributed by atoms with Crippen LogP contribution in [0.3, 0.4) is 0 Å². The molecule has 0 unspecified atom stereocenters. The Kier molecular flexibility index (Phi) is 7.76. The Morgan fingerprint density at radius 1 is 1.15 bits per heavy atom. The van der Waals surface area contributed by atoms with Crippen LogP contribution in [0, 0.1) is 5.41 Å². The number of carbonyl (C=O) groups excluding carboxylic acids is 2. The topological polar surface area (TPSA) is 116 Å². The highest BCUT2D eigenvalue weighted by atomic mass is 16.4. The number of benzene rings is 1. The number of nitrogens with two attached hydrogens (primary N) is 2. The lowest BCUT2D eigenvalue weighted by molar-refractivity contribution is -0.120. The molecule has 0 amide bonds. The molecule has 4 N–H and O–H groups in total. The van der Waals surface area contributed by atoms with Crippen molar-refractivity contribution in [1.82, 2.24) is 0 Å². The van der Waals surface area contributed by atoms with Crippen molar-refractivity contribution in [1.29, 1.82) is 0 Å². The van der Waals surface area contributed by atoms with E-state index in [1.165, 1.54) is 6.92 Å². The Hall–Kier alpha value is -2.63. The summed E-state index contributed by atoms with van der Waals surface area (Å²) in [5, 5.41) is 0.477. The summed E-state index contributed by atoms with van der Waals surface area (Å²) in [7, 11) is 0. The number of fused-ring (bicyclic) bond motifs is 1. The Labute approximate surface area is 159 Å². The Bertz CT molecular complexity index is 876. The zero-order chi connectivity index (χ0) is 20.8. The van der Waals surface area contributed by atoms with E-state index >= 15 is 0 Å².